The van der Waals surface area contributed by atoms with Crippen molar-refractivity contribution in [3.05, 3.63) is 42.5 Å². The topological polar surface area (TPSA) is 32.3 Å². The zero-order chi connectivity index (χ0) is 15.2. The van der Waals surface area contributed by atoms with Crippen molar-refractivity contribution in [2.24, 2.45) is 0 Å². The van der Waals surface area contributed by atoms with E-state index < -0.39 is 0 Å². The minimum atomic E-state index is 0.0708. The fourth-order valence-corrected chi connectivity index (χ4v) is 2.36. The molecule has 0 heterocycles. The molecular weight excluding hydrogens is 260 g/mol. The van der Waals surface area contributed by atoms with Crippen molar-refractivity contribution in [1.82, 2.24) is 4.90 Å². The number of carbonyl (C=O) groups is 1. The third-order valence-electron chi connectivity index (χ3n) is 4.10. The van der Waals surface area contributed by atoms with Crippen LogP contribution in [0.5, 0.6) is 0 Å². The smallest absolute Gasteiger partial charge is 0.225 e. The SMILES string of the molecule is CCC(C)N(C)CCC(=O)Nc1cccc2ccccc12. The lowest BCUT2D eigenvalue weighted by Crippen LogP contribution is -2.31. The summed E-state index contributed by atoms with van der Waals surface area (Å²) in [5.41, 5.74) is 0.893. The van der Waals surface area contributed by atoms with Crippen LogP contribution >= 0.6 is 0 Å². The molecule has 3 nitrogen and oxygen atoms in total. The second kappa shape index (κ2) is 7.23. The Labute approximate surface area is 127 Å². The van der Waals surface area contributed by atoms with Gasteiger partial charge in [-0.3, -0.25) is 4.79 Å². The van der Waals surface area contributed by atoms with Gasteiger partial charge in [-0.15, -0.1) is 0 Å². The summed E-state index contributed by atoms with van der Waals surface area (Å²) in [7, 11) is 2.07. The highest BCUT2D eigenvalue weighted by Crippen LogP contribution is 2.23. The van der Waals surface area contributed by atoms with E-state index in [-0.39, 0.29) is 5.91 Å². The summed E-state index contributed by atoms with van der Waals surface area (Å²) in [6.45, 7) is 5.13. The monoisotopic (exact) mass is 284 g/mol. The maximum atomic E-state index is 12.1. The first kappa shape index (κ1) is 15.5. The average Bonchev–Trinajstić information content (AvgIpc) is 2.52. The Bertz CT molecular complexity index is 604. The van der Waals surface area contributed by atoms with E-state index in [0.717, 1.165) is 29.4 Å². The maximum absolute atomic E-state index is 12.1. The summed E-state index contributed by atoms with van der Waals surface area (Å²) in [5.74, 6) is 0.0708. The van der Waals surface area contributed by atoms with Crippen LogP contribution in [-0.4, -0.2) is 30.4 Å². The predicted molar refractivity (Wildman–Crippen MR) is 89.6 cm³/mol. The Morgan fingerprint density at radius 3 is 2.67 bits per heavy atom. The molecule has 1 atom stereocenters. The largest absolute Gasteiger partial charge is 0.325 e. The van der Waals surface area contributed by atoms with Crippen LogP contribution in [-0.2, 0) is 4.79 Å². The summed E-state index contributed by atoms with van der Waals surface area (Å²) < 4.78 is 0. The lowest BCUT2D eigenvalue weighted by Gasteiger charge is -2.23. The Kier molecular flexibility index (Phi) is 5.34. The summed E-state index contributed by atoms with van der Waals surface area (Å²) >= 11 is 0. The first-order valence-corrected chi connectivity index (χ1v) is 7.59. The summed E-state index contributed by atoms with van der Waals surface area (Å²) in [5, 5.41) is 5.26. The lowest BCUT2D eigenvalue weighted by atomic mass is 10.1. The number of nitrogens with one attached hydrogen (secondary N) is 1. The Hall–Kier alpha value is -1.87. The van der Waals surface area contributed by atoms with Gasteiger partial charge in [-0.1, -0.05) is 43.3 Å². The van der Waals surface area contributed by atoms with Gasteiger partial charge in [0.05, 0.1) is 0 Å². The summed E-state index contributed by atoms with van der Waals surface area (Å²) in [6, 6.07) is 14.6. The van der Waals surface area contributed by atoms with Crippen molar-refractivity contribution in [3.63, 3.8) is 0 Å². The molecule has 21 heavy (non-hydrogen) atoms. The van der Waals surface area contributed by atoms with Gasteiger partial charge in [0.25, 0.3) is 0 Å². The number of amides is 1. The van der Waals surface area contributed by atoms with E-state index in [1.165, 1.54) is 0 Å². The molecule has 1 amide bonds. The average molecular weight is 284 g/mol. The molecule has 0 aliphatic carbocycles. The first-order valence-electron chi connectivity index (χ1n) is 7.59. The normalized spacial score (nSPS) is 12.6. The van der Waals surface area contributed by atoms with Gasteiger partial charge in [0, 0.05) is 30.1 Å². The van der Waals surface area contributed by atoms with E-state index in [9.17, 15) is 4.79 Å². The van der Waals surface area contributed by atoms with Crippen LogP contribution in [0.4, 0.5) is 5.69 Å². The van der Waals surface area contributed by atoms with Gasteiger partial charge < -0.3 is 10.2 Å². The van der Waals surface area contributed by atoms with Gasteiger partial charge in [-0.05, 0) is 31.8 Å². The Morgan fingerprint density at radius 2 is 1.90 bits per heavy atom. The van der Waals surface area contributed by atoms with Crippen LogP contribution in [0, 0.1) is 0 Å². The number of benzene rings is 2. The number of anilines is 1. The van der Waals surface area contributed by atoms with E-state index >= 15 is 0 Å². The van der Waals surface area contributed by atoms with Gasteiger partial charge in [0.1, 0.15) is 0 Å². The molecule has 0 spiro atoms. The van der Waals surface area contributed by atoms with Crippen molar-refractivity contribution in [1.29, 1.82) is 0 Å². The molecule has 2 aromatic carbocycles. The highest BCUT2D eigenvalue weighted by molar-refractivity contribution is 6.02. The van der Waals surface area contributed by atoms with Crippen LogP contribution in [0.25, 0.3) is 10.8 Å². The zero-order valence-electron chi connectivity index (χ0n) is 13.1. The molecule has 0 aromatic heterocycles. The molecule has 112 valence electrons. The number of carbonyl (C=O) groups excluding carboxylic acids is 1. The third-order valence-corrected chi connectivity index (χ3v) is 4.10. The van der Waals surface area contributed by atoms with Gasteiger partial charge in [-0.2, -0.15) is 0 Å². The second-order valence-electron chi connectivity index (χ2n) is 5.56. The molecular formula is C18H24N2O. The molecule has 1 unspecified atom stereocenters. The fraction of sp³-hybridized carbons (Fsp3) is 0.389. The van der Waals surface area contributed by atoms with Crippen LogP contribution in [0.1, 0.15) is 26.7 Å². The molecule has 0 bridgehead atoms. The van der Waals surface area contributed by atoms with E-state index in [1.54, 1.807) is 0 Å². The van der Waals surface area contributed by atoms with E-state index in [4.69, 9.17) is 0 Å². The van der Waals surface area contributed by atoms with Crippen molar-refractivity contribution in [2.45, 2.75) is 32.7 Å². The van der Waals surface area contributed by atoms with Crippen molar-refractivity contribution < 1.29 is 4.79 Å². The Morgan fingerprint density at radius 1 is 1.19 bits per heavy atom. The minimum absolute atomic E-state index is 0.0708. The van der Waals surface area contributed by atoms with Gasteiger partial charge >= 0.3 is 0 Å². The van der Waals surface area contributed by atoms with Crippen LogP contribution in [0.3, 0.4) is 0 Å². The molecule has 0 saturated carbocycles. The van der Waals surface area contributed by atoms with Crippen molar-refractivity contribution in [3.8, 4) is 0 Å². The predicted octanol–water partition coefficient (Wildman–Crippen LogP) is 3.90. The Balaban J connectivity index is 1.99. The second-order valence-corrected chi connectivity index (χ2v) is 5.56. The van der Waals surface area contributed by atoms with E-state index in [1.807, 2.05) is 30.3 Å². The molecule has 1 N–H and O–H groups in total. The number of rotatable bonds is 6. The fourth-order valence-electron chi connectivity index (χ4n) is 2.36. The lowest BCUT2D eigenvalue weighted by molar-refractivity contribution is -0.116. The van der Waals surface area contributed by atoms with Gasteiger partial charge in [0.2, 0.25) is 5.91 Å². The number of hydrogen-bond donors (Lipinski definition) is 1. The number of hydrogen-bond acceptors (Lipinski definition) is 2. The number of nitrogens with zero attached hydrogens (tertiary/aromatic N) is 1. The van der Waals surface area contributed by atoms with Crippen molar-refractivity contribution in [2.75, 3.05) is 18.9 Å². The third kappa shape index (κ3) is 4.05. The molecule has 3 heteroatoms. The highest BCUT2D eigenvalue weighted by atomic mass is 16.1. The highest BCUT2D eigenvalue weighted by Gasteiger charge is 2.10. The summed E-state index contributed by atoms with van der Waals surface area (Å²) in [4.78, 5) is 14.4. The van der Waals surface area contributed by atoms with Crippen molar-refractivity contribution >= 4 is 22.4 Å². The zero-order valence-corrected chi connectivity index (χ0v) is 13.1. The molecule has 0 saturated heterocycles. The first-order chi connectivity index (χ1) is 10.1. The quantitative estimate of drug-likeness (QED) is 0.872. The number of fused-ring (bicyclic) bond motifs is 1. The van der Waals surface area contributed by atoms with Gasteiger partial charge in [-0.25, -0.2) is 0 Å². The molecule has 0 aliphatic heterocycles. The molecule has 2 rings (SSSR count). The van der Waals surface area contributed by atoms with E-state index in [0.29, 0.717) is 12.5 Å². The molecule has 0 fully saturated rings. The van der Waals surface area contributed by atoms with Crippen LogP contribution in [0.15, 0.2) is 42.5 Å². The minimum Gasteiger partial charge on any atom is -0.325 e. The van der Waals surface area contributed by atoms with Crippen LogP contribution < -0.4 is 5.32 Å². The van der Waals surface area contributed by atoms with E-state index in [2.05, 4.69) is 43.2 Å². The molecule has 0 aliphatic rings. The maximum Gasteiger partial charge on any atom is 0.225 e. The van der Waals surface area contributed by atoms with Crippen LogP contribution in [0.2, 0.25) is 0 Å². The summed E-state index contributed by atoms with van der Waals surface area (Å²) in [6.07, 6.45) is 1.62. The van der Waals surface area contributed by atoms with Gasteiger partial charge in [0.15, 0.2) is 0 Å². The standard InChI is InChI=1S/C18H24N2O/c1-4-14(2)20(3)13-12-18(21)19-17-11-7-9-15-8-5-6-10-16(15)17/h5-11,14H,4,12-13H2,1-3H3,(H,19,21). The molecule has 0 radical (unpaired) electrons. The molecule has 2 aromatic rings.